The molecule has 2 rings (SSSR count). The second-order valence-electron chi connectivity index (χ2n) is 4.76. The first-order chi connectivity index (χ1) is 10.1. The van der Waals surface area contributed by atoms with E-state index in [1.165, 1.54) is 5.56 Å². The number of nitrogens with zero attached hydrogens (tertiary/aromatic N) is 1. The van der Waals surface area contributed by atoms with Gasteiger partial charge in [-0.2, -0.15) is 0 Å². The van der Waals surface area contributed by atoms with Crippen molar-refractivity contribution in [2.75, 3.05) is 6.54 Å². The maximum absolute atomic E-state index is 6.16. The van der Waals surface area contributed by atoms with Crippen molar-refractivity contribution in [1.29, 1.82) is 0 Å². The van der Waals surface area contributed by atoms with E-state index >= 15 is 0 Å². The predicted molar refractivity (Wildman–Crippen MR) is 94.2 cm³/mol. The minimum absolute atomic E-state index is 0.346. The first-order valence-electron chi connectivity index (χ1n) is 6.93. The zero-order valence-corrected chi connectivity index (χ0v) is 15.2. The molecular formula is C16H18BrClN2S. The van der Waals surface area contributed by atoms with E-state index in [1.54, 1.807) is 18.0 Å². The van der Waals surface area contributed by atoms with Crippen molar-refractivity contribution in [3.05, 3.63) is 51.6 Å². The van der Waals surface area contributed by atoms with Crippen molar-refractivity contribution in [1.82, 2.24) is 10.3 Å². The van der Waals surface area contributed by atoms with Gasteiger partial charge in [-0.3, -0.25) is 0 Å². The molecule has 1 unspecified atom stereocenters. The molecule has 1 aromatic carbocycles. The maximum atomic E-state index is 6.16. The summed E-state index contributed by atoms with van der Waals surface area (Å²) in [6.07, 6.45) is 2.89. The Hall–Kier alpha value is -0.550. The quantitative estimate of drug-likeness (QED) is 0.689. The minimum Gasteiger partial charge on any atom is -0.310 e. The summed E-state index contributed by atoms with van der Waals surface area (Å²) in [5.41, 5.74) is 1.27. The molecule has 0 aliphatic heterocycles. The van der Waals surface area contributed by atoms with Crippen molar-refractivity contribution < 1.29 is 0 Å². The number of hydrogen-bond acceptors (Lipinski definition) is 3. The molecule has 0 saturated carbocycles. The molecule has 5 heteroatoms. The number of aromatic nitrogens is 1. The van der Waals surface area contributed by atoms with E-state index in [-0.39, 0.29) is 0 Å². The van der Waals surface area contributed by atoms with Crippen LogP contribution in [0.3, 0.4) is 0 Å². The third kappa shape index (κ3) is 4.71. The van der Waals surface area contributed by atoms with Gasteiger partial charge in [-0.05, 0) is 65.6 Å². The first kappa shape index (κ1) is 16.8. The molecule has 0 aliphatic carbocycles. The lowest BCUT2D eigenvalue weighted by Crippen LogP contribution is -2.19. The van der Waals surface area contributed by atoms with Gasteiger partial charge in [0.1, 0.15) is 5.03 Å². The highest BCUT2D eigenvalue weighted by Crippen LogP contribution is 2.36. The summed E-state index contributed by atoms with van der Waals surface area (Å²) >= 11 is 11.4. The van der Waals surface area contributed by atoms with Crippen LogP contribution in [0.2, 0.25) is 5.02 Å². The lowest BCUT2D eigenvalue weighted by atomic mass is 10.1. The third-order valence-electron chi connectivity index (χ3n) is 3.09. The molecule has 2 nitrogen and oxygen atoms in total. The van der Waals surface area contributed by atoms with Crippen LogP contribution in [0.15, 0.2) is 50.9 Å². The van der Waals surface area contributed by atoms with Crippen LogP contribution in [0.25, 0.3) is 0 Å². The van der Waals surface area contributed by atoms with Crippen LogP contribution in [0.5, 0.6) is 0 Å². The van der Waals surface area contributed by atoms with Gasteiger partial charge in [-0.1, -0.05) is 36.4 Å². The van der Waals surface area contributed by atoms with Crippen LogP contribution < -0.4 is 5.32 Å². The highest BCUT2D eigenvalue weighted by atomic mass is 79.9. The van der Waals surface area contributed by atoms with E-state index in [4.69, 9.17) is 11.6 Å². The standard InChI is InChI=1S/C16H18BrClN2S/c1-3-8-19-11(2)12-6-7-15(13(17)10-12)21-16-14(18)5-4-9-20-16/h4-7,9-11,19H,3,8H2,1-2H3. The molecule has 2 aromatic rings. The lowest BCUT2D eigenvalue weighted by molar-refractivity contribution is 0.570. The van der Waals surface area contributed by atoms with E-state index in [0.29, 0.717) is 11.1 Å². The van der Waals surface area contributed by atoms with E-state index < -0.39 is 0 Å². The van der Waals surface area contributed by atoms with E-state index in [2.05, 4.69) is 58.3 Å². The summed E-state index contributed by atoms with van der Waals surface area (Å²) in [6, 6.07) is 10.5. The van der Waals surface area contributed by atoms with Gasteiger partial charge < -0.3 is 5.32 Å². The van der Waals surface area contributed by atoms with Crippen LogP contribution in [0, 0.1) is 0 Å². The second-order valence-corrected chi connectivity index (χ2v) is 7.05. The molecule has 0 amide bonds. The van der Waals surface area contributed by atoms with E-state index in [1.807, 2.05) is 12.1 Å². The van der Waals surface area contributed by atoms with Crippen molar-refractivity contribution >= 4 is 39.3 Å². The van der Waals surface area contributed by atoms with Gasteiger partial charge in [0.05, 0.1) is 5.02 Å². The fraction of sp³-hybridized carbons (Fsp3) is 0.312. The van der Waals surface area contributed by atoms with Gasteiger partial charge in [0.15, 0.2) is 0 Å². The molecule has 112 valence electrons. The Kier molecular flexibility index (Phi) is 6.55. The van der Waals surface area contributed by atoms with Gasteiger partial charge in [0, 0.05) is 21.6 Å². The third-order valence-corrected chi connectivity index (χ3v) is 5.52. The molecule has 21 heavy (non-hydrogen) atoms. The fourth-order valence-electron chi connectivity index (χ4n) is 1.90. The van der Waals surface area contributed by atoms with Crippen LogP contribution in [0.1, 0.15) is 31.9 Å². The topological polar surface area (TPSA) is 24.9 Å². The largest absolute Gasteiger partial charge is 0.310 e. The summed E-state index contributed by atoms with van der Waals surface area (Å²) in [6.45, 7) is 5.38. The minimum atomic E-state index is 0.346. The van der Waals surface area contributed by atoms with E-state index in [0.717, 1.165) is 27.4 Å². The maximum Gasteiger partial charge on any atom is 0.119 e. The molecule has 0 radical (unpaired) electrons. The van der Waals surface area contributed by atoms with Crippen LogP contribution in [0.4, 0.5) is 0 Å². The summed E-state index contributed by atoms with van der Waals surface area (Å²) < 4.78 is 1.07. The number of pyridine rings is 1. The molecule has 1 heterocycles. The number of rotatable bonds is 6. The number of halogens is 2. The zero-order valence-electron chi connectivity index (χ0n) is 12.1. The first-order valence-corrected chi connectivity index (χ1v) is 8.91. The molecule has 1 atom stereocenters. The molecule has 0 aliphatic rings. The van der Waals surface area contributed by atoms with Gasteiger partial charge in [0.25, 0.3) is 0 Å². The summed E-state index contributed by atoms with van der Waals surface area (Å²) in [4.78, 5) is 5.42. The lowest BCUT2D eigenvalue weighted by Gasteiger charge is -2.15. The van der Waals surface area contributed by atoms with Gasteiger partial charge in [-0.15, -0.1) is 0 Å². The van der Waals surface area contributed by atoms with E-state index in [9.17, 15) is 0 Å². The Morgan fingerprint density at radius 3 is 2.86 bits per heavy atom. The van der Waals surface area contributed by atoms with Gasteiger partial charge in [-0.25, -0.2) is 4.98 Å². The normalized spacial score (nSPS) is 12.4. The highest BCUT2D eigenvalue weighted by molar-refractivity contribution is 9.10. The fourth-order valence-corrected chi connectivity index (χ4v) is 3.55. The van der Waals surface area contributed by atoms with Crippen LogP contribution in [-0.2, 0) is 0 Å². The number of nitrogens with one attached hydrogen (secondary N) is 1. The molecular weight excluding hydrogens is 368 g/mol. The SMILES string of the molecule is CCCNC(C)c1ccc(Sc2ncccc2Cl)c(Br)c1. The Morgan fingerprint density at radius 2 is 2.19 bits per heavy atom. The molecule has 0 fully saturated rings. The molecule has 1 N–H and O–H groups in total. The van der Waals surface area contributed by atoms with Gasteiger partial charge >= 0.3 is 0 Å². The summed E-state index contributed by atoms with van der Waals surface area (Å²) in [7, 11) is 0. The predicted octanol–water partition coefficient (Wildman–Crippen LogP) is 5.71. The molecule has 1 aromatic heterocycles. The Morgan fingerprint density at radius 1 is 1.38 bits per heavy atom. The smallest absolute Gasteiger partial charge is 0.119 e. The van der Waals surface area contributed by atoms with Gasteiger partial charge in [0.2, 0.25) is 0 Å². The molecule has 0 spiro atoms. The van der Waals surface area contributed by atoms with Crippen molar-refractivity contribution in [2.24, 2.45) is 0 Å². The Balaban J connectivity index is 2.14. The average molecular weight is 386 g/mol. The number of hydrogen-bond donors (Lipinski definition) is 1. The van der Waals surface area contributed by atoms with Crippen molar-refractivity contribution in [3.63, 3.8) is 0 Å². The average Bonchev–Trinajstić information content (AvgIpc) is 2.49. The molecule has 0 bridgehead atoms. The highest BCUT2D eigenvalue weighted by Gasteiger charge is 2.10. The monoisotopic (exact) mass is 384 g/mol. The summed E-state index contributed by atoms with van der Waals surface area (Å²) in [5, 5.41) is 4.99. The summed E-state index contributed by atoms with van der Waals surface area (Å²) in [5.74, 6) is 0. The second kappa shape index (κ2) is 8.18. The van der Waals surface area contributed by atoms with Crippen molar-refractivity contribution in [2.45, 2.75) is 36.2 Å². The Bertz CT molecular complexity index is 607. The molecule has 0 saturated heterocycles. The van der Waals surface area contributed by atoms with Crippen LogP contribution >= 0.6 is 39.3 Å². The van der Waals surface area contributed by atoms with Crippen molar-refractivity contribution in [3.8, 4) is 0 Å². The number of benzene rings is 1. The van der Waals surface area contributed by atoms with Crippen LogP contribution in [-0.4, -0.2) is 11.5 Å². The zero-order chi connectivity index (χ0) is 15.2. The Labute approximate surface area is 143 Å².